The first kappa shape index (κ1) is 17.4. The Bertz CT molecular complexity index is 379. The lowest BCUT2D eigenvalue weighted by Crippen LogP contribution is -2.51. The fraction of sp³-hybridized carbons (Fsp3) is 0.667. The van der Waals surface area contributed by atoms with Gasteiger partial charge in [0.1, 0.15) is 0 Å². The number of carbonyl (C=O) groups excluding carboxylic acids is 1. The Balaban J connectivity index is 0.00000289. The first-order valence-electron chi connectivity index (χ1n) is 6.00. The minimum absolute atomic E-state index is 0. The normalized spacial score (nSPS) is 13.6. The van der Waals surface area contributed by atoms with Gasteiger partial charge in [-0.15, -0.1) is 23.7 Å². The molecular formula is C12H22ClN3OS. The van der Waals surface area contributed by atoms with Gasteiger partial charge in [0.2, 0.25) is 5.91 Å². The predicted octanol–water partition coefficient (Wildman–Crippen LogP) is 2.26. The molecule has 1 amide bonds. The minimum Gasteiger partial charge on any atom is -0.349 e. The van der Waals surface area contributed by atoms with Crippen LogP contribution in [0.3, 0.4) is 0 Å². The lowest BCUT2D eigenvalue weighted by molar-refractivity contribution is -0.126. The van der Waals surface area contributed by atoms with E-state index in [1.54, 1.807) is 18.3 Å². The van der Waals surface area contributed by atoms with Crippen molar-refractivity contribution in [2.24, 2.45) is 5.73 Å². The van der Waals surface area contributed by atoms with Crippen LogP contribution in [0.5, 0.6) is 0 Å². The number of aryl methyl sites for hydroxylation is 1. The molecule has 1 rings (SSSR count). The van der Waals surface area contributed by atoms with Crippen molar-refractivity contribution in [1.29, 1.82) is 0 Å². The monoisotopic (exact) mass is 291 g/mol. The highest BCUT2D eigenvalue weighted by molar-refractivity contribution is 7.09. The Labute approximate surface area is 119 Å². The zero-order valence-corrected chi connectivity index (χ0v) is 12.8. The fourth-order valence-corrected chi connectivity index (χ4v) is 2.34. The SMILES string of the molecule is CCCC(C)(N)C(=O)NCc1csc(CC)n1.Cl. The van der Waals surface area contributed by atoms with Crippen molar-refractivity contribution >= 4 is 29.7 Å². The molecule has 4 nitrogen and oxygen atoms in total. The molecule has 1 aromatic rings. The maximum absolute atomic E-state index is 11.8. The lowest BCUT2D eigenvalue weighted by atomic mass is 9.96. The number of halogens is 1. The van der Waals surface area contributed by atoms with Gasteiger partial charge in [0, 0.05) is 5.38 Å². The second kappa shape index (κ2) is 7.71. The van der Waals surface area contributed by atoms with Crippen LogP contribution in [0, 0.1) is 0 Å². The van der Waals surface area contributed by atoms with Crippen molar-refractivity contribution in [3.05, 3.63) is 16.1 Å². The predicted molar refractivity (Wildman–Crippen MR) is 78.1 cm³/mol. The van der Waals surface area contributed by atoms with E-state index in [-0.39, 0.29) is 18.3 Å². The number of nitrogens with two attached hydrogens (primary N) is 1. The number of rotatable bonds is 6. The standard InChI is InChI=1S/C12H21N3OS.ClH/c1-4-6-12(3,13)11(16)14-7-9-8-17-10(5-2)15-9;/h8H,4-7,13H2,1-3H3,(H,14,16);1H. The second-order valence-corrected chi connectivity index (χ2v) is 5.38. The molecule has 1 unspecified atom stereocenters. The van der Waals surface area contributed by atoms with Crippen molar-refractivity contribution < 1.29 is 4.79 Å². The van der Waals surface area contributed by atoms with Gasteiger partial charge < -0.3 is 11.1 Å². The summed E-state index contributed by atoms with van der Waals surface area (Å²) < 4.78 is 0. The molecule has 104 valence electrons. The average molecular weight is 292 g/mol. The molecule has 0 bridgehead atoms. The summed E-state index contributed by atoms with van der Waals surface area (Å²) >= 11 is 1.63. The van der Waals surface area contributed by atoms with Gasteiger partial charge >= 0.3 is 0 Å². The van der Waals surface area contributed by atoms with Gasteiger partial charge in [0.15, 0.2) is 0 Å². The van der Waals surface area contributed by atoms with E-state index in [9.17, 15) is 4.79 Å². The van der Waals surface area contributed by atoms with Crippen LogP contribution in [0.1, 0.15) is 44.3 Å². The van der Waals surface area contributed by atoms with Crippen LogP contribution in [0.2, 0.25) is 0 Å². The Kier molecular flexibility index (Phi) is 7.43. The molecule has 1 aromatic heterocycles. The van der Waals surface area contributed by atoms with Crippen LogP contribution in [-0.4, -0.2) is 16.4 Å². The van der Waals surface area contributed by atoms with E-state index in [2.05, 4.69) is 17.2 Å². The van der Waals surface area contributed by atoms with Crippen molar-refractivity contribution in [3.8, 4) is 0 Å². The van der Waals surface area contributed by atoms with E-state index < -0.39 is 5.54 Å². The summed E-state index contributed by atoms with van der Waals surface area (Å²) in [4.78, 5) is 16.2. The largest absolute Gasteiger partial charge is 0.349 e. The van der Waals surface area contributed by atoms with E-state index in [4.69, 9.17) is 5.73 Å². The molecule has 0 radical (unpaired) electrons. The highest BCUT2D eigenvalue weighted by Gasteiger charge is 2.26. The van der Waals surface area contributed by atoms with E-state index in [0.29, 0.717) is 13.0 Å². The Morgan fingerprint density at radius 2 is 2.22 bits per heavy atom. The summed E-state index contributed by atoms with van der Waals surface area (Å²) in [5.41, 5.74) is 6.07. The number of hydrogen-bond donors (Lipinski definition) is 2. The Hall–Kier alpha value is -0.650. The van der Waals surface area contributed by atoms with Crippen LogP contribution in [0.4, 0.5) is 0 Å². The first-order chi connectivity index (χ1) is 7.99. The number of nitrogens with one attached hydrogen (secondary N) is 1. The molecule has 0 aliphatic rings. The number of thiazole rings is 1. The highest BCUT2D eigenvalue weighted by atomic mass is 35.5. The third-order valence-electron chi connectivity index (χ3n) is 2.62. The quantitative estimate of drug-likeness (QED) is 0.845. The maximum atomic E-state index is 11.8. The van der Waals surface area contributed by atoms with Crippen LogP contribution in [-0.2, 0) is 17.8 Å². The Morgan fingerprint density at radius 1 is 1.56 bits per heavy atom. The molecule has 0 saturated heterocycles. The number of amides is 1. The fourth-order valence-electron chi connectivity index (χ4n) is 1.60. The molecule has 0 spiro atoms. The van der Waals surface area contributed by atoms with Gasteiger partial charge in [0.25, 0.3) is 0 Å². The lowest BCUT2D eigenvalue weighted by Gasteiger charge is -2.22. The van der Waals surface area contributed by atoms with Gasteiger partial charge in [-0.2, -0.15) is 0 Å². The maximum Gasteiger partial charge on any atom is 0.240 e. The van der Waals surface area contributed by atoms with Gasteiger partial charge in [0.05, 0.1) is 22.8 Å². The number of carbonyl (C=O) groups is 1. The highest BCUT2D eigenvalue weighted by Crippen LogP contribution is 2.11. The number of hydrogen-bond acceptors (Lipinski definition) is 4. The number of aromatic nitrogens is 1. The molecule has 0 aliphatic carbocycles. The van der Waals surface area contributed by atoms with E-state index >= 15 is 0 Å². The van der Waals surface area contributed by atoms with Gasteiger partial charge in [-0.25, -0.2) is 4.98 Å². The van der Waals surface area contributed by atoms with Gasteiger partial charge in [-0.1, -0.05) is 20.3 Å². The summed E-state index contributed by atoms with van der Waals surface area (Å²) in [7, 11) is 0. The van der Waals surface area contributed by atoms with E-state index in [1.165, 1.54) is 0 Å². The van der Waals surface area contributed by atoms with Crippen LogP contribution >= 0.6 is 23.7 Å². The molecule has 1 atom stereocenters. The molecule has 18 heavy (non-hydrogen) atoms. The summed E-state index contributed by atoms with van der Waals surface area (Å²) in [5, 5.41) is 5.92. The number of nitrogens with zero attached hydrogens (tertiary/aromatic N) is 1. The summed E-state index contributed by atoms with van der Waals surface area (Å²) in [5.74, 6) is -0.106. The Morgan fingerprint density at radius 3 is 2.72 bits per heavy atom. The van der Waals surface area contributed by atoms with Crippen molar-refractivity contribution in [3.63, 3.8) is 0 Å². The third-order valence-corrected chi connectivity index (χ3v) is 3.66. The minimum atomic E-state index is -0.779. The van der Waals surface area contributed by atoms with Crippen LogP contribution in [0.25, 0.3) is 0 Å². The zero-order valence-electron chi connectivity index (χ0n) is 11.2. The summed E-state index contributed by atoms with van der Waals surface area (Å²) in [6, 6.07) is 0. The van der Waals surface area contributed by atoms with Gasteiger partial charge in [-0.3, -0.25) is 4.79 Å². The van der Waals surface area contributed by atoms with Crippen molar-refractivity contribution in [2.75, 3.05) is 0 Å². The second-order valence-electron chi connectivity index (χ2n) is 4.44. The smallest absolute Gasteiger partial charge is 0.240 e. The van der Waals surface area contributed by atoms with E-state index in [0.717, 1.165) is 23.5 Å². The molecule has 0 saturated carbocycles. The molecule has 1 heterocycles. The summed E-state index contributed by atoms with van der Waals surface area (Å²) in [6.45, 7) is 6.32. The molecule has 6 heteroatoms. The zero-order chi connectivity index (χ0) is 12.9. The van der Waals surface area contributed by atoms with Crippen LogP contribution in [0.15, 0.2) is 5.38 Å². The van der Waals surface area contributed by atoms with Gasteiger partial charge in [-0.05, 0) is 19.8 Å². The van der Waals surface area contributed by atoms with E-state index in [1.807, 2.05) is 12.3 Å². The van der Waals surface area contributed by atoms with Crippen molar-refractivity contribution in [2.45, 2.75) is 52.1 Å². The molecule has 0 aliphatic heterocycles. The molecule has 0 aromatic carbocycles. The van der Waals surface area contributed by atoms with Crippen molar-refractivity contribution in [1.82, 2.24) is 10.3 Å². The molecule has 3 N–H and O–H groups in total. The third kappa shape index (κ3) is 4.92. The summed E-state index contributed by atoms with van der Waals surface area (Å²) in [6.07, 6.45) is 2.52. The van der Waals surface area contributed by atoms with Crippen LogP contribution < -0.4 is 11.1 Å². The average Bonchev–Trinajstić information content (AvgIpc) is 2.73. The first-order valence-corrected chi connectivity index (χ1v) is 6.88. The topological polar surface area (TPSA) is 68.0 Å². The molecular weight excluding hydrogens is 270 g/mol. The molecule has 0 fully saturated rings.